The Kier molecular flexibility index (Phi) is 6.45. The molecule has 0 atom stereocenters. The van der Waals surface area contributed by atoms with Gasteiger partial charge in [0.1, 0.15) is 19.0 Å². The number of aldehydes is 1. The molecule has 0 aromatic heterocycles. The monoisotopic (exact) mass is 342 g/mol. The van der Waals surface area contributed by atoms with Crippen molar-refractivity contribution in [2.45, 2.75) is 32.6 Å². The van der Waals surface area contributed by atoms with Gasteiger partial charge in [-0.15, -0.1) is 0 Å². The van der Waals surface area contributed by atoms with Crippen molar-refractivity contribution in [3.8, 4) is 17.2 Å². The molecule has 0 fully saturated rings. The highest BCUT2D eigenvalue weighted by Gasteiger charge is 2.17. The molecule has 0 heterocycles. The van der Waals surface area contributed by atoms with Crippen molar-refractivity contribution in [2.24, 2.45) is 0 Å². The van der Waals surface area contributed by atoms with Crippen molar-refractivity contribution in [1.82, 2.24) is 0 Å². The van der Waals surface area contributed by atoms with Gasteiger partial charge in [-0.05, 0) is 41.7 Å². The van der Waals surface area contributed by atoms with Gasteiger partial charge in [0.05, 0.1) is 12.7 Å². The van der Waals surface area contributed by atoms with Crippen LogP contribution < -0.4 is 14.2 Å². The average Bonchev–Trinajstić information content (AvgIpc) is 2.65. The summed E-state index contributed by atoms with van der Waals surface area (Å²) in [5.41, 5.74) is 1.92. The van der Waals surface area contributed by atoms with Gasteiger partial charge in [-0.3, -0.25) is 4.79 Å². The van der Waals surface area contributed by atoms with Crippen LogP contribution in [0.1, 0.15) is 43.1 Å². The minimum atomic E-state index is 0.163. The second-order valence-corrected chi connectivity index (χ2v) is 6.46. The number of carbonyl (C=O) groups is 1. The maximum atomic E-state index is 11.1. The first kappa shape index (κ1) is 18.8. The fourth-order valence-electron chi connectivity index (χ4n) is 2.45. The van der Waals surface area contributed by atoms with Gasteiger partial charge in [0.15, 0.2) is 17.8 Å². The minimum Gasteiger partial charge on any atom is -0.493 e. The number of para-hydroxylation sites is 1. The Hall–Kier alpha value is -2.49. The summed E-state index contributed by atoms with van der Waals surface area (Å²) >= 11 is 0. The van der Waals surface area contributed by atoms with Crippen molar-refractivity contribution in [3.63, 3.8) is 0 Å². The van der Waals surface area contributed by atoms with Crippen molar-refractivity contribution in [3.05, 3.63) is 53.6 Å². The highest BCUT2D eigenvalue weighted by Crippen LogP contribution is 2.30. The van der Waals surface area contributed by atoms with Crippen molar-refractivity contribution >= 4 is 6.29 Å². The van der Waals surface area contributed by atoms with E-state index in [1.54, 1.807) is 25.3 Å². The van der Waals surface area contributed by atoms with Crippen LogP contribution in [-0.2, 0) is 5.41 Å². The summed E-state index contributed by atoms with van der Waals surface area (Å²) in [5.74, 6) is 1.79. The third-order valence-corrected chi connectivity index (χ3v) is 4.47. The fraction of sp³-hybridized carbons (Fsp3) is 0.381. The van der Waals surface area contributed by atoms with Gasteiger partial charge in [0.25, 0.3) is 0 Å². The Morgan fingerprint density at radius 3 is 2.28 bits per heavy atom. The van der Waals surface area contributed by atoms with Gasteiger partial charge in [0, 0.05) is 0 Å². The SMILES string of the molecule is CCC(C)(C)c1ccc(OCCOc2c(C=O)cccc2OC)cc1. The minimum absolute atomic E-state index is 0.163. The quantitative estimate of drug-likeness (QED) is 0.491. The number of rotatable bonds is 9. The van der Waals surface area contributed by atoms with E-state index in [9.17, 15) is 4.79 Å². The number of methoxy groups -OCH3 is 1. The first-order valence-corrected chi connectivity index (χ1v) is 8.50. The van der Waals surface area contributed by atoms with Gasteiger partial charge in [-0.1, -0.05) is 39.0 Å². The summed E-state index contributed by atoms with van der Waals surface area (Å²) in [6.45, 7) is 7.35. The second-order valence-electron chi connectivity index (χ2n) is 6.46. The second kappa shape index (κ2) is 8.56. The Balaban J connectivity index is 1.91. The van der Waals surface area contributed by atoms with Gasteiger partial charge in [-0.25, -0.2) is 0 Å². The Bertz CT molecular complexity index is 690. The lowest BCUT2D eigenvalue weighted by Gasteiger charge is -2.23. The molecule has 0 unspecified atom stereocenters. The summed E-state index contributed by atoms with van der Waals surface area (Å²) < 4.78 is 16.6. The predicted octanol–water partition coefficient (Wildman–Crippen LogP) is 4.65. The number of ether oxygens (including phenoxy) is 3. The van der Waals surface area contributed by atoms with E-state index in [-0.39, 0.29) is 5.41 Å². The summed E-state index contributed by atoms with van der Waals surface area (Å²) in [4.78, 5) is 11.1. The molecule has 0 aliphatic heterocycles. The van der Waals surface area contributed by atoms with E-state index < -0.39 is 0 Å². The van der Waals surface area contributed by atoms with Crippen LogP contribution in [-0.4, -0.2) is 26.6 Å². The molecule has 2 aromatic carbocycles. The predicted molar refractivity (Wildman–Crippen MR) is 99.1 cm³/mol. The van der Waals surface area contributed by atoms with E-state index in [0.717, 1.165) is 18.5 Å². The first-order chi connectivity index (χ1) is 12.0. The molecule has 2 aromatic rings. The lowest BCUT2D eigenvalue weighted by Crippen LogP contribution is -2.15. The van der Waals surface area contributed by atoms with Gasteiger partial charge >= 0.3 is 0 Å². The van der Waals surface area contributed by atoms with Crippen LogP contribution in [0.3, 0.4) is 0 Å². The van der Waals surface area contributed by atoms with Crippen molar-refractivity contribution < 1.29 is 19.0 Å². The summed E-state index contributed by atoms with van der Waals surface area (Å²) in [6.07, 6.45) is 1.84. The van der Waals surface area contributed by atoms with Gasteiger partial charge in [0.2, 0.25) is 0 Å². The molecule has 0 saturated carbocycles. The van der Waals surface area contributed by atoms with Gasteiger partial charge in [-0.2, -0.15) is 0 Å². The zero-order valence-electron chi connectivity index (χ0n) is 15.4. The summed E-state index contributed by atoms with van der Waals surface area (Å²) in [5, 5.41) is 0. The van der Waals surface area contributed by atoms with E-state index >= 15 is 0 Å². The smallest absolute Gasteiger partial charge is 0.171 e. The Morgan fingerprint density at radius 1 is 1.00 bits per heavy atom. The van der Waals surface area contributed by atoms with Crippen molar-refractivity contribution in [1.29, 1.82) is 0 Å². The number of hydrogen-bond acceptors (Lipinski definition) is 4. The van der Waals surface area contributed by atoms with Crippen LogP contribution in [0.15, 0.2) is 42.5 Å². The fourth-order valence-corrected chi connectivity index (χ4v) is 2.45. The number of carbonyl (C=O) groups excluding carboxylic acids is 1. The molecule has 0 spiro atoms. The van der Waals surface area contributed by atoms with Crippen LogP contribution in [0.25, 0.3) is 0 Å². The zero-order valence-corrected chi connectivity index (χ0v) is 15.4. The van der Waals surface area contributed by atoms with Crippen LogP contribution in [0.2, 0.25) is 0 Å². The molecule has 0 radical (unpaired) electrons. The normalized spacial score (nSPS) is 11.0. The maximum Gasteiger partial charge on any atom is 0.171 e. The number of benzene rings is 2. The third kappa shape index (κ3) is 4.75. The molecule has 0 amide bonds. The van der Waals surface area contributed by atoms with Gasteiger partial charge < -0.3 is 14.2 Å². The Morgan fingerprint density at radius 2 is 1.68 bits per heavy atom. The molecule has 4 heteroatoms. The molecule has 0 N–H and O–H groups in total. The molecule has 134 valence electrons. The number of hydrogen-bond donors (Lipinski definition) is 0. The molecule has 0 saturated heterocycles. The highest BCUT2D eigenvalue weighted by atomic mass is 16.5. The topological polar surface area (TPSA) is 44.8 Å². The van der Waals surface area contributed by atoms with Crippen LogP contribution >= 0.6 is 0 Å². The first-order valence-electron chi connectivity index (χ1n) is 8.50. The molecule has 0 bridgehead atoms. The Labute approximate surface area is 149 Å². The lowest BCUT2D eigenvalue weighted by atomic mass is 9.82. The molecule has 2 rings (SSSR count). The third-order valence-electron chi connectivity index (χ3n) is 4.47. The molecule has 0 aliphatic rings. The molecule has 0 aliphatic carbocycles. The van der Waals surface area contributed by atoms with Crippen LogP contribution in [0.4, 0.5) is 0 Å². The van der Waals surface area contributed by atoms with E-state index in [2.05, 4.69) is 32.9 Å². The van der Waals surface area contributed by atoms with E-state index in [1.165, 1.54) is 5.56 Å². The summed E-state index contributed by atoms with van der Waals surface area (Å²) in [7, 11) is 1.55. The average molecular weight is 342 g/mol. The van der Waals surface area contributed by atoms with E-state index in [0.29, 0.717) is 30.3 Å². The summed E-state index contributed by atoms with van der Waals surface area (Å²) in [6, 6.07) is 13.4. The van der Waals surface area contributed by atoms with Crippen LogP contribution in [0, 0.1) is 0 Å². The largest absolute Gasteiger partial charge is 0.493 e. The highest BCUT2D eigenvalue weighted by molar-refractivity contribution is 5.81. The van der Waals surface area contributed by atoms with Crippen molar-refractivity contribution in [2.75, 3.05) is 20.3 Å². The zero-order chi connectivity index (χ0) is 18.3. The molecular weight excluding hydrogens is 316 g/mol. The molecular formula is C21H26O4. The maximum absolute atomic E-state index is 11.1. The lowest BCUT2D eigenvalue weighted by molar-refractivity contribution is 0.111. The van der Waals surface area contributed by atoms with E-state index in [1.807, 2.05) is 12.1 Å². The van der Waals surface area contributed by atoms with Crippen LogP contribution in [0.5, 0.6) is 17.2 Å². The molecule has 25 heavy (non-hydrogen) atoms. The standard InChI is InChI=1S/C21H26O4/c1-5-21(2,3)17-9-11-18(12-10-17)24-13-14-25-20-16(15-22)7-6-8-19(20)23-4/h6-12,15H,5,13-14H2,1-4H3. The van der Waals surface area contributed by atoms with E-state index in [4.69, 9.17) is 14.2 Å². The molecule has 4 nitrogen and oxygen atoms in total.